The second-order valence-electron chi connectivity index (χ2n) is 5.69. The molecular weight excluding hydrogens is 230 g/mol. The number of nitrogens with one attached hydrogen (secondary N) is 3. The smallest absolute Gasteiger partial charge is 0.227 e. The van der Waals surface area contributed by atoms with Gasteiger partial charge in [0, 0.05) is 26.1 Å². The minimum absolute atomic E-state index is 0.00120. The first kappa shape index (κ1) is 15.0. The average molecular weight is 255 g/mol. The Hall–Kier alpha value is -1.10. The van der Waals surface area contributed by atoms with Gasteiger partial charge in [0.1, 0.15) is 0 Å². The van der Waals surface area contributed by atoms with Crippen LogP contribution in [0.4, 0.5) is 0 Å². The Kier molecular flexibility index (Phi) is 5.59. The standard InChI is InChI=1S/C13H25N3O2/c1-10(2)8-16-11(17)4-6-15-12(18)13(3)5-7-14-9-13/h10,14H,4-9H2,1-3H3,(H,15,18)(H,16,17). The van der Waals surface area contributed by atoms with E-state index >= 15 is 0 Å². The van der Waals surface area contributed by atoms with Crippen molar-refractivity contribution in [2.45, 2.75) is 33.6 Å². The predicted octanol–water partition coefficient (Wildman–Crippen LogP) is 0.265. The van der Waals surface area contributed by atoms with Crippen LogP contribution in [0, 0.1) is 11.3 Å². The van der Waals surface area contributed by atoms with Gasteiger partial charge in [-0.15, -0.1) is 0 Å². The maximum absolute atomic E-state index is 11.9. The summed E-state index contributed by atoms with van der Waals surface area (Å²) in [5.74, 6) is 0.495. The Labute approximate surface area is 109 Å². The van der Waals surface area contributed by atoms with Crippen LogP contribution < -0.4 is 16.0 Å². The van der Waals surface area contributed by atoms with E-state index in [1.165, 1.54) is 0 Å². The Morgan fingerprint density at radius 1 is 1.33 bits per heavy atom. The van der Waals surface area contributed by atoms with Gasteiger partial charge in [-0.1, -0.05) is 13.8 Å². The zero-order valence-electron chi connectivity index (χ0n) is 11.6. The van der Waals surface area contributed by atoms with Gasteiger partial charge in [0.05, 0.1) is 5.41 Å². The van der Waals surface area contributed by atoms with Crippen LogP contribution in [0.1, 0.15) is 33.6 Å². The quantitative estimate of drug-likeness (QED) is 0.638. The third-order valence-corrected chi connectivity index (χ3v) is 3.26. The molecule has 0 radical (unpaired) electrons. The Bertz CT molecular complexity index is 297. The second kappa shape index (κ2) is 6.73. The summed E-state index contributed by atoms with van der Waals surface area (Å²) in [7, 11) is 0. The summed E-state index contributed by atoms with van der Waals surface area (Å²) in [4.78, 5) is 23.4. The fraction of sp³-hybridized carbons (Fsp3) is 0.846. The number of rotatable bonds is 6. The molecule has 0 bridgehead atoms. The summed E-state index contributed by atoms with van der Waals surface area (Å²) < 4.78 is 0. The lowest BCUT2D eigenvalue weighted by atomic mass is 9.89. The number of hydrogen-bond acceptors (Lipinski definition) is 3. The van der Waals surface area contributed by atoms with Crippen LogP contribution in [0.15, 0.2) is 0 Å². The van der Waals surface area contributed by atoms with Crippen LogP contribution in [-0.2, 0) is 9.59 Å². The molecular formula is C13H25N3O2. The monoisotopic (exact) mass is 255 g/mol. The molecule has 0 saturated carbocycles. The summed E-state index contributed by atoms with van der Waals surface area (Å²) in [6.07, 6.45) is 1.21. The molecule has 0 aromatic carbocycles. The predicted molar refractivity (Wildman–Crippen MR) is 71.1 cm³/mol. The molecule has 0 spiro atoms. The zero-order chi connectivity index (χ0) is 13.6. The van der Waals surface area contributed by atoms with Crippen LogP contribution in [0.25, 0.3) is 0 Å². The molecule has 104 valence electrons. The van der Waals surface area contributed by atoms with Gasteiger partial charge in [-0.25, -0.2) is 0 Å². The molecule has 1 aliphatic rings. The van der Waals surface area contributed by atoms with Crippen molar-refractivity contribution in [1.82, 2.24) is 16.0 Å². The van der Waals surface area contributed by atoms with Gasteiger partial charge in [-0.3, -0.25) is 9.59 Å². The third-order valence-electron chi connectivity index (χ3n) is 3.26. The van der Waals surface area contributed by atoms with Gasteiger partial charge in [0.25, 0.3) is 0 Å². The van der Waals surface area contributed by atoms with E-state index in [4.69, 9.17) is 0 Å². The minimum Gasteiger partial charge on any atom is -0.356 e. The Balaban J connectivity index is 2.17. The van der Waals surface area contributed by atoms with Gasteiger partial charge in [0.15, 0.2) is 0 Å². The summed E-state index contributed by atoms with van der Waals surface area (Å²) in [5, 5.41) is 8.86. The molecule has 3 N–H and O–H groups in total. The van der Waals surface area contributed by atoms with Crippen molar-refractivity contribution in [3.63, 3.8) is 0 Å². The molecule has 1 rings (SSSR count). The van der Waals surface area contributed by atoms with Gasteiger partial charge in [0.2, 0.25) is 11.8 Å². The maximum atomic E-state index is 11.9. The topological polar surface area (TPSA) is 70.2 Å². The van der Waals surface area contributed by atoms with Crippen molar-refractivity contribution in [1.29, 1.82) is 0 Å². The molecule has 0 aromatic heterocycles. The third kappa shape index (κ3) is 4.64. The van der Waals surface area contributed by atoms with Gasteiger partial charge in [-0.2, -0.15) is 0 Å². The molecule has 1 saturated heterocycles. The SMILES string of the molecule is CC(C)CNC(=O)CCNC(=O)C1(C)CCNC1. The molecule has 1 unspecified atom stereocenters. The van der Waals surface area contributed by atoms with E-state index in [2.05, 4.69) is 29.8 Å². The molecule has 1 aliphatic heterocycles. The van der Waals surface area contributed by atoms with Crippen molar-refractivity contribution in [3.8, 4) is 0 Å². The van der Waals surface area contributed by atoms with Crippen LogP contribution in [0.5, 0.6) is 0 Å². The molecule has 0 aromatic rings. The average Bonchev–Trinajstić information content (AvgIpc) is 2.74. The van der Waals surface area contributed by atoms with E-state index in [1.54, 1.807) is 0 Å². The van der Waals surface area contributed by atoms with E-state index in [9.17, 15) is 9.59 Å². The van der Waals surface area contributed by atoms with Crippen LogP contribution >= 0.6 is 0 Å². The van der Waals surface area contributed by atoms with Crippen molar-refractivity contribution < 1.29 is 9.59 Å². The number of amides is 2. The van der Waals surface area contributed by atoms with Gasteiger partial charge < -0.3 is 16.0 Å². The Morgan fingerprint density at radius 3 is 2.61 bits per heavy atom. The zero-order valence-corrected chi connectivity index (χ0v) is 11.6. The summed E-state index contributed by atoms with van der Waals surface area (Å²) >= 11 is 0. The summed E-state index contributed by atoms with van der Waals surface area (Å²) in [5.41, 5.74) is -0.311. The fourth-order valence-corrected chi connectivity index (χ4v) is 1.92. The lowest BCUT2D eigenvalue weighted by Crippen LogP contribution is -2.41. The first-order chi connectivity index (χ1) is 8.44. The van der Waals surface area contributed by atoms with Gasteiger partial charge >= 0.3 is 0 Å². The maximum Gasteiger partial charge on any atom is 0.227 e. The van der Waals surface area contributed by atoms with E-state index in [-0.39, 0.29) is 17.2 Å². The summed E-state index contributed by atoms with van der Waals surface area (Å²) in [6.45, 7) is 8.77. The largest absolute Gasteiger partial charge is 0.356 e. The highest BCUT2D eigenvalue weighted by Crippen LogP contribution is 2.24. The lowest BCUT2D eigenvalue weighted by Gasteiger charge is -2.21. The van der Waals surface area contributed by atoms with E-state index < -0.39 is 0 Å². The molecule has 18 heavy (non-hydrogen) atoms. The van der Waals surface area contributed by atoms with E-state index in [0.717, 1.165) is 19.5 Å². The minimum atomic E-state index is -0.311. The molecule has 1 atom stereocenters. The van der Waals surface area contributed by atoms with Crippen molar-refractivity contribution in [2.75, 3.05) is 26.2 Å². The highest BCUT2D eigenvalue weighted by atomic mass is 16.2. The van der Waals surface area contributed by atoms with Crippen LogP contribution in [0.2, 0.25) is 0 Å². The Morgan fingerprint density at radius 2 is 2.06 bits per heavy atom. The molecule has 5 heteroatoms. The number of carbonyl (C=O) groups excluding carboxylic acids is 2. The van der Waals surface area contributed by atoms with Crippen molar-refractivity contribution >= 4 is 11.8 Å². The molecule has 5 nitrogen and oxygen atoms in total. The molecule has 0 aliphatic carbocycles. The second-order valence-corrected chi connectivity index (χ2v) is 5.69. The summed E-state index contributed by atoms with van der Waals surface area (Å²) in [6, 6.07) is 0. The van der Waals surface area contributed by atoms with Gasteiger partial charge in [-0.05, 0) is 25.8 Å². The van der Waals surface area contributed by atoms with E-state index in [1.807, 2.05) is 6.92 Å². The molecule has 1 fully saturated rings. The number of carbonyl (C=O) groups is 2. The van der Waals surface area contributed by atoms with E-state index in [0.29, 0.717) is 25.4 Å². The van der Waals surface area contributed by atoms with Crippen molar-refractivity contribution in [2.24, 2.45) is 11.3 Å². The number of hydrogen-bond donors (Lipinski definition) is 3. The normalized spacial score (nSPS) is 23.1. The highest BCUT2D eigenvalue weighted by Gasteiger charge is 2.35. The highest BCUT2D eigenvalue weighted by molar-refractivity contribution is 5.83. The fourth-order valence-electron chi connectivity index (χ4n) is 1.92. The lowest BCUT2D eigenvalue weighted by molar-refractivity contribution is -0.129. The van der Waals surface area contributed by atoms with Crippen LogP contribution in [0.3, 0.4) is 0 Å². The molecule has 1 heterocycles. The van der Waals surface area contributed by atoms with Crippen molar-refractivity contribution in [3.05, 3.63) is 0 Å². The van der Waals surface area contributed by atoms with Crippen LogP contribution in [-0.4, -0.2) is 38.0 Å². The molecule has 2 amide bonds. The first-order valence-corrected chi connectivity index (χ1v) is 6.70. The first-order valence-electron chi connectivity index (χ1n) is 6.70.